The Hall–Kier alpha value is -2.69. The number of ether oxygens (including phenoxy) is 2. The summed E-state index contributed by atoms with van der Waals surface area (Å²) in [5.74, 6) is 1.76. The third-order valence-corrected chi connectivity index (χ3v) is 4.03. The number of benzene rings is 2. The molecule has 23 heavy (non-hydrogen) atoms. The molecule has 2 N–H and O–H groups in total. The molecule has 0 bridgehead atoms. The molecule has 2 aromatic rings. The van der Waals surface area contributed by atoms with E-state index in [1.54, 1.807) is 20.3 Å². The van der Waals surface area contributed by atoms with Gasteiger partial charge in [-0.1, -0.05) is 11.6 Å². The summed E-state index contributed by atoms with van der Waals surface area (Å²) in [7, 11) is 3.27. The van der Waals surface area contributed by atoms with Gasteiger partial charge in [-0.05, 0) is 31.2 Å². The summed E-state index contributed by atoms with van der Waals surface area (Å²) in [5, 5.41) is 14.5. The smallest absolute Gasteiger partial charge is 0.127 e. The van der Waals surface area contributed by atoms with Gasteiger partial charge < -0.3 is 20.0 Å². The lowest BCUT2D eigenvalue weighted by molar-refractivity contribution is 0.386. The van der Waals surface area contributed by atoms with Gasteiger partial charge in [0.15, 0.2) is 0 Å². The Morgan fingerprint density at radius 2 is 1.96 bits per heavy atom. The van der Waals surface area contributed by atoms with Gasteiger partial charge >= 0.3 is 0 Å². The van der Waals surface area contributed by atoms with Crippen LogP contribution in [0.1, 0.15) is 29.2 Å². The quantitative estimate of drug-likeness (QED) is 0.910. The van der Waals surface area contributed by atoms with E-state index in [4.69, 9.17) is 9.47 Å². The van der Waals surface area contributed by atoms with Crippen molar-refractivity contribution >= 4 is 5.71 Å². The number of nitrogens with zero attached hydrogens (tertiary/aromatic N) is 1. The summed E-state index contributed by atoms with van der Waals surface area (Å²) >= 11 is 0. The molecule has 0 radical (unpaired) electrons. The maximum atomic E-state index is 10.1. The minimum Gasteiger partial charge on any atom is -0.507 e. The highest BCUT2D eigenvalue weighted by Gasteiger charge is 2.25. The van der Waals surface area contributed by atoms with Crippen LogP contribution in [-0.2, 0) is 0 Å². The first-order valence-corrected chi connectivity index (χ1v) is 7.46. The van der Waals surface area contributed by atoms with E-state index >= 15 is 0 Å². The lowest BCUT2D eigenvalue weighted by Gasteiger charge is -2.15. The summed E-state index contributed by atoms with van der Waals surface area (Å²) in [5.41, 5.74) is 6.85. The zero-order chi connectivity index (χ0) is 16.4. The second-order valence-electron chi connectivity index (χ2n) is 5.57. The summed E-state index contributed by atoms with van der Waals surface area (Å²) in [6.07, 6.45) is 0.680. The molecule has 5 heteroatoms. The first-order valence-electron chi connectivity index (χ1n) is 7.46. The number of aryl methyl sites for hydroxylation is 1. The van der Waals surface area contributed by atoms with Crippen molar-refractivity contribution < 1.29 is 14.6 Å². The molecule has 0 saturated carbocycles. The number of hydrogen-bond acceptors (Lipinski definition) is 5. The van der Waals surface area contributed by atoms with Crippen LogP contribution in [0.3, 0.4) is 0 Å². The Bertz CT molecular complexity index is 756. The van der Waals surface area contributed by atoms with Crippen molar-refractivity contribution in [2.75, 3.05) is 14.2 Å². The van der Waals surface area contributed by atoms with Crippen molar-refractivity contribution in [2.45, 2.75) is 19.4 Å². The second kappa shape index (κ2) is 6.20. The first-order chi connectivity index (χ1) is 11.1. The van der Waals surface area contributed by atoms with Gasteiger partial charge in [0, 0.05) is 23.6 Å². The molecular formula is C18H20N2O3. The van der Waals surface area contributed by atoms with Crippen LogP contribution in [0, 0.1) is 6.92 Å². The fraction of sp³-hybridized carbons (Fsp3) is 0.278. The molecule has 0 spiro atoms. The number of rotatable bonds is 4. The van der Waals surface area contributed by atoms with Gasteiger partial charge in [-0.3, -0.25) is 0 Å². The van der Waals surface area contributed by atoms with Crippen LogP contribution in [0.5, 0.6) is 17.2 Å². The molecule has 0 aliphatic carbocycles. The molecule has 0 saturated heterocycles. The van der Waals surface area contributed by atoms with Crippen LogP contribution in [-0.4, -0.2) is 25.0 Å². The molecule has 5 nitrogen and oxygen atoms in total. The van der Waals surface area contributed by atoms with Crippen molar-refractivity contribution in [3.05, 3.63) is 53.1 Å². The molecule has 0 fully saturated rings. The summed E-state index contributed by atoms with van der Waals surface area (Å²) in [6, 6.07) is 11.3. The number of phenols is 1. The minimum absolute atomic E-state index is 0.00534. The molecule has 0 amide bonds. The van der Waals surface area contributed by atoms with Crippen LogP contribution < -0.4 is 14.9 Å². The predicted molar refractivity (Wildman–Crippen MR) is 89.4 cm³/mol. The number of aromatic hydroxyl groups is 1. The summed E-state index contributed by atoms with van der Waals surface area (Å²) < 4.78 is 10.7. The average Bonchev–Trinajstić information content (AvgIpc) is 3.06. The van der Waals surface area contributed by atoms with Gasteiger partial charge in [-0.15, -0.1) is 0 Å². The van der Waals surface area contributed by atoms with E-state index in [0.29, 0.717) is 6.42 Å². The Balaban J connectivity index is 1.86. The van der Waals surface area contributed by atoms with E-state index in [2.05, 4.69) is 10.5 Å². The maximum absolute atomic E-state index is 10.1. The van der Waals surface area contributed by atoms with Gasteiger partial charge in [-0.2, -0.15) is 5.10 Å². The molecule has 3 rings (SSSR count). The molecule has 1 atom stereocenters. The third kappa shape index (κ3) is 2.95. The molecule has 1 aliphatic heterocycles. The standard InChI is InChI=1S/C18H20N2O3/c1-11-4-7-17(21)14(8-11)16-10-15(19-20-16)13-6-5-12(22-2)9-18(13)23-3/h4-9,15,19,21H,10H2,1-3H3/t15-/m0/s1. The van der Waals surface area contributed by atoms with Crippen molar-refractivity contribution in [1.82, 2.24) is 5.43 Å². The van der Waals surface area contributed by atoms with E-state index in [1.165, 1.54) is 0 Å². The first kappa shape index (κ1) is 15.2. The molecule has 2 aromatic carbocycles. The highest BCUT2D eigenvalue weighted by molar-refractivity contribution is 6.04. The maximum Gasteiger partial charge on any atom is 0.127 e. The van der Waals surface area contributed by atoms with Gasteiger partial charge in [-0.25, -0.2) is 0 Å². The fourth-order valence-electron chi connectivity index (χ4n) is 2.78. The fourth-order valence-corrected chi connectivity index (χ4v) is 2.78. The SMILES string of the molecule is COc1ccc([C@@H]2CC(c3cc(C)ccc3O)=NN2)c(OC)c1. The monoisotopic (exact) mass is 312 g/mol. The summed E-state index contributed by atoms with van der Waals surface area (Å²) in [6.45, 7) is 2.00. The Morgan fingerprint density at radius 3 is 2.70 bits per heavy atom. The van der Waals surface area contributed by atoms with Crippen LogP contribution in [0.4, 0.5) is 0 Å². The van der Waals surface area contributed by atoms with Crippen molar-refractivity contribution in [3.8, 4) is 17.2 Å². The van der Waals surface area contributed by atoms with Crippen molar-refractivity contribution in [3.63, 3.8) is 0 Å². The number of nitrogens with one attached hydrogen (secondary N) is 1. The highest BCUT2D eigenvalue weighted by Crippen LogP contribution is 2.35. The Kier molecular flexibility index (Phi) is 4.10. The van der Waals surface area contributed by atoms with E-state index in [1.807, 2.05) is 37.3 Å². The lowest BCUT2D eigenvalue weighted by atomic mass is 9.97. The molecule has 1 heterocycles. The van der Waals surface area contributed by atoms with E-state index in [0.717, 1.165) is 33.9 Å². The van der Waals surface area contributed by atoms with Crippen LogP contribution in [0.15, 0.2) is 41.5 Å². The van der Waals surface area contributed by atoms with Gasteiger partial charge in [0.2, 0.25) is 0 Å². The van der Waals surface area contributed by atoms with Gasteiger partial charge in [0.1, 0.15) is 17.2 Å². The zero-order valence-corrected chi connectivity index (χ0v) is 13.5. The lowest BCUT2D eigenvalue weighted by Crippen LogP contribution is -2.11. The molecule has 1 aliphatic rings. The number of phenolic OH excluding ortho intramolecular Hbond substituents is 1. The number of methoxy groups -OCH3 is 2. The van der Waals surface area contributed by atoms with Crippen LogP contribution in [0.2, 0.25) is 0 Å². The zero-order valence-electron chi connectivity index (χ0n) is 13.5. The molecule has 0 unspecified atom stereocenters. The van der Waals surface area contributed by atoms with Gasteiger partial charge in [0.05, 0.1) is 26.0 Å². The Morgan fingerprint density at radius 1 is 1.13 bits per heavy atom. The van der Waals surface area contributed by atoms with Crippen LogP contribution >= 0.6 is 0 Å². The number of hydrazone groups is 1. The third-order valence-electron chi connectivity index (χ3n) is 4.03. The Labute approximate surface area is 135 Å². The van der Waals surface area contributed by atoms with Crippen molar-refractivity contribution in [1.29, 1.82) is 0 Å². The van der Waals surface area contributed by atoms with E-state index in [-0.39, 0.29) is 11.8 Å². The molecule has 0 aromatic heterocycles. The average molecular weight is 312 g/mol. The summed E-state index contributed by atoms with van der Waals surface area (Å²) in [4.78, 5) is 0. The minimum atomic E-state index is 0.00534. The van der Waals surface area contributed by atoms with Crippen LogP contribution in [0.25, 0.3) is 0 Å². The topological polar surface area (TPSA) is 63.1 Å². The second-order valence-corrected chi connectivity index (χ2v) is 5.57. The normalized spacial score (nSPS) is 16.7. The number of hydrogen-bond donors (Lipinski definition) is 2. The van der Waals surface area contributed by atoms with E-state index in [9.17, 15) is 5.11 Å². The van der Waals surface area contributed by atoms with E-state index < -0.39 is 0 Å². The molecule has 120 valence electrons. The van der Waals surface area contributed by atoms with Gasteiger partial charge in [0.25, 0.3) is 0 Å². The molecular weight excluding hydrogens is 292 g/mol. The largest absolute Gasteiger partial charge is 0.507 e. The highest BCUT2D eigenvalue weighted by atomic mass is 16.5. The van der Waals surface area contributed by atoms with Crippen molar-refractivity contribution in [2.24, 2.45) is 5.10 Å². The predicted octanol–water partition coefficient (Wildman–Crippen LogP) is 3.16.